The molecule has 124 valence electrons. The summed E-state index contributed by atoms with van der Waals surface area (Å²) in [4.78, 5) is 40.6. The van der Waals surface area contributed by atoms with Gasteiger partial charge >= 0.3 is 0 Å². The number of imide groups is 1. The van der Waals surface area contributed by atoms with Crippen LogP contribution < -0.4 is 4.90 Å². The standard InChI is InChI=1S/C18H24N2O3/c1-4-8-13(9-5-2)17(22)20-15-11-7-6-10-14(15)18(23)19(3)12-16(20)21/h6-7,10-11,13H,4-5,8-9,12H2,1-3H3. The van der Waals surface area contributed by atoms with E-state index >= 15 is 0 Å². The van der Waals surface area contributed by atoms with E-state index in [2.05, 4.69) is 0 Å². The lowest BCUT2D eigenvalue weighted by atomic mass is 9.96. The predicted octanol–water partition coefficient (Wildman–Crippen LogP) is 2.85. The zero-order valence-corrected chi connectivity index (χ0v) is 14.0. The van der Waals surface area contributed by atoms with Gasteiger partial charge in [0.2, 0.25) is 5.91 Å². The molecule has 0 saturated heterocycles. The molecule has 0 fully saturated rings. The zero-order valence-electron chi connectivity index (χ0n) is 14.0. The second kappa shape index (κ2) is 7.40. The highest BCUT2D eigenvalue weighted by Gasteiger charge is 2.35. The Balaban J connectivity index is 2.46. The van der Waals surface area contributed by atoms with Gasteiger partial charge in [-0.3, -0.25) is 14.4 Å². The average molecular weight is 316 g/mol. The molecule has 5 heteroatoms. The number of amides is 3. The number of likely N-dealkylation sites (N-methyl/N-ethyl adjacent to an activating group) is 1. The number of hydrogen-bond donors (Lipinski definition) is 0. The van der Waals surface area contributed by atoms with Crippen LogP contribution in [0.25, 0.3) is 0 Å². The molecule has 0 bridgehead atoms. The van der Waals surface area contributed by atoms with Crippen LogP contribution in [-0.2, 0) is 9.59 Å². The molecule has 0 radical (unpaired) electrons. The molecule has 0 unspecified atom stereocenters. The van der Waals surface area contributed by atoms with Crippen LogP contribution in [0.3, 0.4) is 0 Å². The third kappa shape index (κ3) is 3.44. The zero-order chi connectivity index (χ0) is 17.0. The quantitative estimate of drug-likeness (QED) is 0.839. The Morgan fingerprint density at radius 3 is 2.35 bits per heavy atom. The van der Waals surface area contributed by atoms with Crippen LogP contribution >= 0.6 is 0 Å². The number of rotatable bonds is 5. The summed E-state index contributed by atoms with van der Waals surface area (Å²) in [7, 11) is 1.58. The topological polar surface area (TPSA) is 57.7 Å². The maximum absolute atomic E-state index is 13.0. The Labute approximate surface area is 137 Å². The lowest BCUT2D eigenvalue weighted by molar-refractivity contribution is -0.129. The Morgan fingerprint density at radius 2 is 1.74 bits per heavy atom. The molecule has 1 aliphatic heterocycles. The van der Waals surface area contributed by atoms with Gasteiger partial charge in [0.15, 0.2) is 0 Å². The van der Waals surface area contributed by atoms with Crippen LogP contribution in [0.1, 0.15) is 49.9 Å². The van der Waals surface area contributed by atoms with Crippen LogP contribution in [0, 0.1) is 5.92 Å². The number of para-hydroxylation sites is 1. The van der Waals surface area contributed by atoms with Crippen molar-refractivity contribution < 1.29 is 14.4 Å². The molecule has 5 nitrogen and oxygen atoms in total. The van der Waals surface area contributed by atoms with Gasteiger partial charge in [-0.2, -0.15) is 0 Å². The van der Waals surface area contributed by atoms with Crippen molar-refractivity contribution in [2.45, 2.75) is 39.5 Å². The van der Waals surface area contributed by atoms with Crippen LogP contribution in [0.2, 0.25) is 0 Å². The molecule has 0 saturated carbocycles. The lowest BCUT2D eigenvalue weighted by Crippen LogP contribution is -2.44. The summed E-state index contributed by atoms with van der Waals surface area (Å²) in [5, 5.41) is 0. The van der Waals surface area contributed by atoms with Crippen molar-refractivity contribution in [3.63, 3.8) is 0 Å². The molecule has 1 heterocycles. The molecule has 2 rings (SSSR count). The molecule has 1 aliphatic rings. The van der Waals surface area contributed by atoms with E-state index in [0.29, 0.717) is 11.3 Å². The molecule has 0 aliphatic carbocycles. The number of carbonyl (C=O) groups excluding carboxylic acids is 3. The van der Waals surface area contributed by atoms with E-state index < -0.39 is 0 Å². The lowest BCUT2D eigenvalue weighted by Gasteiger charge is -2.25. The normalized spacial score (nSPS) is 15.0. The molecule has 1 aromatic carbocycles. The average Bonchev–Trinajstić information content (AvgIpc) is 2.62. The van der Waals surface area contributed by atoms with Crippen LogP contribution in [0.15, 0.2) is 24.3 Å². The van der Waals surface area contributed by atoms with Gasteiger partial charge in [0.1, 0.15) is 6.54 Å². The van der Waals surface area contributed by atoms with Crippen molar-refractivity contribution in [2.24, 2.45) is 5.92 Å². The number of hydrogen-bond acceptors (Lipinski definition) is 3. The monoisotopic (exact) mass is 316 g/mol. The minimum absolute atomic E-state index is 0.0791. The van der Waals surface area contributed by atoms with Crippen LogP contribution in [-0.4, -0.2) is 36.2 Å². The van der Waals surface area contributed by atoms with Gasteiger partial charge in [0.05, 0.1) is 11.3 Å². The Morgan fingerprint density at radius 1 is 1.13 bits per heavy atom. The predicted molar refractivity (Wildman–Crippen MR) is 89.2 cm³/mol. The van der Waals surface area contributed by atoms with Gasteiger partial charge in [-0.25, -0.2) is 4.90 Å². The fraction of sp³-hybridized carbons (Fsp3) is 0.500. The van der Waals surface area contributed by atoms with Crippen molar-refractivity contribution in [1.29, 1.82) is 0 Å². The number of anilines is 1. The maximum atomic E-state index is 13.0. The fourth-order valence-electron chi connectivity index (χ4n) is 3.05. The van der Waals surface area contributed by atoms with E-state index in [1.165, 1.54) is 9.80 Å². The molecule has 3 amide bonds. The summed E-state index contributed by atoms with van der Waals surface area (Å²) >= 11 is 0. The highest BCUT2D eigenvalue weighted by Crippen LogP contribution is 2.28. The van der Waals surface area contributed by atoms with Gasteiger partial charge in [-0.15, -0.1) is 0 Å². The third-order valence-electron chi connectivity index (χ3n) is 4.19. The Kier molecular flexibility index (Phi) is 5.53. The van der Waals surface area contributed by atoms with E-state index in [1.54, 1.807) is 31.3 Å². The molecule has 0 aromatic heterocycles. The van der Waals surface area contributed by atoms with E-state index in [0.717, 1.165) is 25.7 Å². The van der Waals surface area contributed by atoms with Crippen LogP contribution in [0.4, 0.5) is 5.69 Å². The highest BCUT2D eigenvalue weighted by atomic mass is 16.2. The summed E-state index contributed by atoms with van der Waals surface area (Å²) in [6, 6.07) is 6.84. The first-order valence-electron chi connectivity index (χ1n) is 8.22. The van der Waals surface area contributed by atoms with Crippen LogP contribution in [0.5, 0.6) is 0 Å². The summed E-state index contributed by atoms with van der Waals surface area (Å²) in [5.74, 6) is -0.936. The van der Waals surface area contributed by atoms with E-state index in [1.807, 2.05) is 13.8 Å². The molecule has 1 aromatic rings. The molecule has 0 atom stereocenters. The first kappa shape index (κ1) is 17.2. The first-order valence-corrected chi connectivity index (χ1v) is 8.22. The van der Waals surface area contributed by atoms with Gasteiger partial charge in [0, 0.05) is 13.0 Å². The molecular formula is C18H24N2O3. The summed E-state index contributed by atoms with van der Waals surface area (Å²) in [6.45, 7) is 3.99. The summed E-state index contributed by atoms with van der Waals surface area (Å²) in [5.41, 5.74) is 0.815. The smallest absolute Gasteiger partial charge is 0.256 e. The minimum Gasteiger partial charge on any atom is -0.332 e. The van der Waals surface area contributed by atoms with E-state index in [9.17, 15) is 14.4 Å². The maximum Gasteiger partial charge on any atom is 0.256 e. The fourth-order valence-corrected chi connectivity index (χ4v) is 3.05. The number of carbonyl (C=O) groups is 3. The summed E-state index contributed by atoms with van der Waals surface area (Å²) in [6.07, 6.45) is 3.28. The van der Waals surface area contributed by atoms with E-state index in [-0.39, 0.29) is 30.2 Å². The van der Waals surface area contributed by atoms with Crippen molar-refractivity contribution in [3.05, 3.63) is 29.8 Å². The number of benzene rings is 1. The van der Waals surface area contributed by atoms with Crippen molar-refractivity contribution >= 4 is 23.4 Å². The minimum atomic E-state index is -0.340. The molecule has 0 spiro atoms. The largest absolute Gasteiger partial charge is 0.332 e. The van der Waals surface area contributed by atoms with Gasteiger partial charge in [-0.1, -0.05) is 38.8 Å². The number of nitrogens with zero attached hydrogens (tertiary/aromatic N) is 2. The van der Waals surface area contributed by atoms with Gasteiger partial charge in [-0.05, 0) is 25.0 Å². The third-order valence-corrected chi connectivity index (χ3v) is 4.19. The SMILES string of the molecule is CCCC(CCC)C(=O)N1C(=O)CN(C)C(=O)c2ccccc21. The highest BCUT2D eigenvalue weighted by molar-refractivity contribution is 6.21. The van der Waals surface area contributed by atoms with Gasteiger partial charge in [0.25, 0.3) is 11.8 Å². The molecular weight excluding hydrogens is 292 g/mol. The second-order valence-corrected chi connectivity index (χ2v) is 6.02. The Hall–Kier alpha value is -2.17. The van der Waals surface area contributed by atoms with Crippen molar-refractivity contribution in [1.82, 2.24) is 4.90 Å². The first-order chi connectivity index (χ1) is 11.0. The molecule has 23 heavy (non-hydrogen) atoms. The second-order valence-electron chi connectivity index (χ2n) is 6.02. The van der Waals surface area contributed by atoms with E-state index in [4.69, 9.17) is 0 Å². The van der Waals surface area contributed by atoms with Gasteiger partial charge < -0.3 is 4.90 Å². The number of fused-ring (bicyclic) bond motifs is 1. The van der Waals surface area contributed by atoms with Crippen molar-refractivity contribution in [3.8, 4) is 0 Å². The summed E-state index contributed by atoms with van der Waals surface area (Å²) < 4.78 is 0. The Bertz CT molecular complexity index is 606. The molecule has 0 N–H and O–H groups in total. The van der Waals surface area contributed by atoms with Crippen molar-refractivity contribution in [2.75, 3.05) is 18.5 Å².